The van der Waals surface area contributed by atoms with Gasteiger partial charge in [-0.15, -0.1) is 0 Å². The first-order chi connectivity index (χ1) is 9.35. The van der Waals surface area contributed by atoms with Crippen LogP contribution < -0.4 is 5.32 Å². The molecule has 0 aliphatic rings. The van der Waals surface area contributed by atoms with E-state index in [1.54, 1.807) is 0 Å². The number of aliphatic hydroxyl groups excluding tert-OH is 1. The molecule has 0 aliphatic heterocycles. The molecule has 2 N–H and O–H groups in total. The van der Waals surface area contributed by atoms with Crippen molar-refractivity contribution in [1.29, 1.82) is 0 Å². The zero-order chi connectivity index (χ0) is 15.4. The standard InChI is InChI=1S/C9H19NO3.C7H8/c1-9(2,3)13-8(12)10-6-4-5-7-11;1-7-5-3-2-4-6-7/h11H,4-7H2,1-3H3,(H,10,12);2-6H,1H3. The molecule has 1 rings (SSSR count). The summed E-state index contributed by atoms with van der Waals surface area (Å²) in [7, 11) is 0. The van der Waals surface area contributed by atoms with Crippen molar-refractivity contribution in [2.24, 2.45) is 0 Å². The first-order valence-corrected chi connectivity index (χ1v) is 6.94. The molecule has 0 spiro atoms. The van der Waals surface area contributed by atoms with Gasteiger partial charge in [-0.2, -0.15) is 0 Å². The first kappa shape index (κ1) is 18.4. The van der Waals surface area contributed by atoms with Crippen LogP contribution in [0.15, 0.2) is 30.3 Å². The number of carbonyl (C=O) groups is 1. The molecule has 0 saturated heterocycles. The van der Waals surface area contributed by atoms with Gasteiger partial charge in [-0.05, 0) is 40.5 Å². The van der Waals surface area contributed by atoms with Crippen LogP contribution in [0.5, 0.6) is 0 Å². The quantitative estimate of drug-likeness (QED) is 0.833. The van der Waals surface area contributed by atoms with Gasteiger partial charge >= 0.3 is 6.09 Å². The average molecular weight is 281 g/mol. The summed E-state index contributed by atoms with van der Waals surface area (Å²) in [6.07, 6.45) is 1.08. The van der Waals surface area contributed by atoms with E-state index < -0.39 is 11.7 Å². The average Bonchev–Trinajstić information content (AvgIpc) is 2.34. The third-order valence-corrected chi connectivity index (χ3v) is 2.19. The Morgan fingerprint density at radius 2 is 1.80 bits per heavy atom. The van der Waals surface area contributed by atoms with Crippen molar-refractivity contribution in [3.8, 4) is 0 Å². The summed E-state index contributed by atoms with van der Waals surface area (Å²) in [5.74, 6) is 0. The highest BCUT2D eigenvalue weighted by Gasteiger charge is 2.15. The van der Waals surface area contributed by atoms with Crippen molar-refractivity contribution >= 4 is 6.09 Å². The molecule has 0 radical (unpaired) electrons. The van der Waals surface area contributed by atoms with Crippen LogP contribution in [0.2, 0.25) is 0 Å². The number of alkyl carbamates (subject to hydrolysis) is 1. The van der Waals surface area contributed by atoms with Gasteiger partial charge in [0.1, 0.15) is 5.60 Å². The lowest BCUT2D eigenvalue weighted by atomic mass is 10.2. The molecule has 114 valence electrons. The fraction of sp³-hybridized carbons (Fsp3) is 0.562. The Labute approximate surface area is 122 Å². The van der Waals surface area contributed by atoms with Crippen LogP contribution in [0, 0.1) is 6.92 Å². The predicted molar refractivity (Wildman–Crippen MR) is 81.7 cm³/mol. The highest BCUT2D eigenvalue weighted by molar-refractivity contribution is 5.67. The van der Waals surface area contributed by atoms with Crippen molar-refractivity contribution in [2.75, 3.05) is 13.2 Å². The van der Waals surface area contributed by atoms with E-state index in [0.29, 0.717) is 13.0 Å². The molecule has 4 nitrogen and oxygen atoms in total. The number of unbranched alkanes of at least 4 members (excludes halogenated alkanes) is 1. The summed E-state index contributed by atoms with van der Waals surface area (Å²) in [5.41, 5.74) is 0.878. The van der Waals surface area contributed by atoms with Crippen molar-refractivity contribution < 1.29 is 14.6 Å². The zero-order valence-corrected chi connectivity index (χ0v) is 13.0. The van der Waals surface area contributed by atoms with Crippen LogP contribution in [0.3, 0.4) is 0 Å². The van der Waals surface area contributed by atoms with Gasteiger partial charge in [0.25, 0.3) is 0 Å². The molecule has 1 amide bonds. The maximum Gasteiger partial charge on any atom is 0.407 e. The largest absolute Gasteiger partial charge is 0.444 e. The highest BCUT2D eigenvalue weighted by Crippen LogP contribution is 2.06. The molecule has 20 heavy (non-hydrogen) atoms. The Hall–Kier alpha value is -1.55. The van der Waals surface area contributed by atoms with Gasteiger partial charge in [0, 0.05) is 13.2 Å². The van der Waals surface area contributed by atoms with E-state index in [4.69, 9.17) is 9.84 Å². The normalized spacial score (nSPS) is 10.2. The molecule has 0 heterocycles. The van der Waals surface area contributed by atoms with Crippen LogP contribution in [-0.2, 0) is 4.74 Å². The van der Waals surface area contributed by atoms with E-state index in [2.05, 4.69) is 24.4 Å². The van der Waals surface area contributed by atoms with Crippen LogP contribution in [0.1, 0.15) is 39.2 Å². The summed E-state index contributed by atoms with van der Waals surface area (Å²) < 4.78 is 5.01. The number of benzene rings is 1. The minimum atomic E-state index is -0.443. The van der Waals surface area contributed by atoms with Gasteiger partial charge in [-0.3, -0.25) is 0 Å². The second kappa shape index (κ2) is 10.3. The molecular weight excluding hydrogens is 254 g/mol. The van der Waals surface area contributed by atoms with Gasteiger partial charge < -0.3 is 15.2 Å². The summed E-state index contributed by atoms with van der Waals surface area (Å²) in [6, 6.07) is 10.3. The number of ether oxygens (including phenoxy) is 1. The number of aryl methyl sites for hydroxylation is 1. The van der Waals surface area contributed by atoms with Crippen LogP contribution in [-0.4, -0.2) is 30.0 Å². The SMILES string of the molecule is CC(C)(C)OC(=O)NCCCCO.Cc1ccccc1. The second-order valence-electron chi connectivity index (χ2n) is 5.51. The molecule has 1 aromatic rings. The van der Waals surface area contributed by atoms with Crippen LogP contribution in [0.4, 0.5) is 4.79 Å². The minimum absolute atomic E-state index is 0.163. The van der Waals surface area contributed by atoms with Crippen molar-refractivity contribution in [1.82, 2.24) is 5.32 Å². The molecule has 0 unspecified atom stereocenters. The third-order valence-electron chi connectivity index (χ3n) is 2.19. The molecule has 4 heteroatoms. The molecule has 0 aliphatic carbocycles. The van der Waals surface area contributed by atoms with E-state index in [1.807, 2.05) is 39.0 Å². The maximum absolute atomic E-state index is 11.0. The van der Waals surface area contributed by atoms with Crippen molar-refractivity contribution in [3.05, 3.63) is 35.9 Å². The summed E-state index contributed by atoms with van der Waals surface area (Å²) >= 11 is 0. The fourth-order valence-corrected chi connectivity index (χ4v) is 1.28. The molecule has 0 saturated carbocycles. The highest BCUT2D eigenvalue weighted by atomic mass is 16.6. The predicted octanol–water partition coefficient (Wildman–Crippen LogP) is 3.28. The minimum Gasteiger partial charge on any atom is -0.444 e. The zero-order valence-electron chi connectivity index (χ0n) is 13.0. The molecule has 0 fully saturated rings. The number of carbonyl (C=O) groups excluding carboxylic acids is 1. The first-order valence-electron chi connectivity index (χ1n) is 6.94. The van der Waals surface area contributed by atoms with Gasteiger partial charge in [0.05, 0.1) is 0 Å². The Morgan fingerprint density at radius 3 is 2.20 bits per heavy atom. The second-order valence-corrected chi connectivity index (χ2v) is 5.51. The van der Waals surface area contributed by atoms with E-state index in [9.17, 15) is 4.79 Å². The third kappa shape index (κ3) is 12.9. The number of aliphatic hydroxyl groups is 1. The van der Waals surface area contributed by atoms with E-state index >= 15 is 0 Å². The number of nitrogens with one attached hydrogen (secondary N) is 1. The summed E-state index contributed by atoms with van der Waals surface area (Å²) in [6.45, 7) is 8.26. The number of hydrogen-bond acceptors (Lipinski definition) is 3. The van der Waals surface area contributed by atoms with Crippen LogP contribution in [0.25, 0.3) is 0 Å². The molecule has 0 aromatic heterocycles. The van der Waals surface area contributed by atoms with Gasteiger partial charge in [-0.1, -0.05) is 35.9 Å². The van der Waals surface area contributed by atoms with Gasteiger partial charge in [-0.25, -0.2) is 4.79 Å². The molecule has 0 bridgehead atoms. The Morgan fingerprint density at radius 1 is 1.20 bits per heavy atom. The van der Waals surface area contributed by atoms with Crippen LogP contribution >= 0.6 is 0 Å². The van der Waals surface area contributed by atoms with E-state index in [-0.39, 0.29) is 6.61 Å². The lowest BCUT2D eigenvalue weighted by molar-refractivity contribution is 0.0526. The summed E-state index contributed by atoms with van der Waals surface area (Å²) in [5, 5.41) is 11.1. The number of hydrogen-bond donors (Lipinski definition) is 2. The smallest absolute Gasteiger partial charge is 0.407 e. The van der Waals surface area contributed by atoms with Gasteiger partial charge in [0.15, 0.2) is 0 Å². The number of amides is 1. The molecule has 0 atom stereocenters. The Bertz CT molecular complexity index is 358. The fourth-order valence-electron chi connectivity index (χ4n) is 1.28. The molecular formula is C16H27NO3. The van der Waals surface area contributed by atoms with Gasteiger partial charge in [0.2, 0.25) is 0 Å². The van der Waals surface area contributed by atoms with E-state index in [1.165, 1.54) is 5.56 Å². The lowest BCUT2D eigenvalue weighted by Crippen LogP contribution is -2.33. The lowest BCUT2D eigenvalue weighted by Gasteiger charge is -2.19. The Balaban J connectivity index is 0.000000428. The van der Waals surface area contributed by atoms with Crippen molar-refractivity contribution in [3.63, 3.8) is 0 Å². The van der Waals surface area contributed by atoms with Crippen molar-refractivity contribution in [2.45, 2.75) is 46.1 Å². The Kier molecular flexibility index (Phi) is 9.47. The molecule has 1 aromatic carbocycles. The monoisotopic (exact) mass is 281 g/mol. The summed E-state index contributed by atoms with van der Waals surface area (Å²) in [4.78, 5) is 11.0. The topological polar surface area (TPSA) is 58.6 Å². The van der Waals surface area contributed by atoms with E-state index in [0.717, 1.165) is 6.42 Å². The number of rotatable bonds is 4. The maximum atomic E-state index is 11.0.